The van der Waals surface area contributed by atoms with Gasteiger partial charge >= 0.3 is 5.97 Å². The number of carboxylic acid groups (broad SMARTS) is 1. The van der Waals surface area contributed by atoms with Crippen LogP contribution in [0.4, 0.5) is 33.3 Å². The van der Waals surface area contributed by atoms with Crippen molar-refractivity contribution in [3.8, 4) is 17.2 Å². The van der Waals surface area contributed by atoms with Crippen molar-refractivity contribution in [3.63, 3.8) is 0 Å². The van der Waals surface area contributed by atoms with Crippen molar-refractivity contribution >= 4 is 23.3 Å². The second kappa shape index (κ2) is 9.31. The zero-order chi connectivity index (χ0) is 28.2. The van der Waals surface area contributed by atoms with E-state index in [0.717, 1.165) is 0 Å². The summed E-state index contributed by atoms with van der Waals surface area (Å²) in [5.74, 6) is -15.5. The molecule has 0 fully saturated rings. The number of benzene rings is 4. The van der Waals surface area contributed by atoms with Crippen LogP contribution in [0.25, 0.3) is 0 Å². The molecule has 5 rings (SSSR count). The van der Waals surface area contributed by atoms with Crippen LogP contribution in [0.3, 0.4) is 0 Å². The Labute approximate surface area is 215 Å². The van der Waals surface area contributed by atoms with Crippen molar-refractivity contribution in [2.24, 2.45) is 0 Å². The lowest BCUT2D eigenvalue weighted by Gasteiger charge is -2.30. The number of hydrogen-bond acceptors (Lipinski definition) is 5. The number of hydrogen-bond donors (Lipinski definition) is 4. The first-order valence-corrected chi connectivity index (χ1v) is 11.1. The summed E-state index contributed by atoms with van der Waals surface area (Å²) in [5.41, 5.74) is 5.11. The second-order valence-electron chi connectivity index (χ2n) is 8.53. The Morgan fingerprint density at radius 2 is 1.36 bits per heavy atom. The lowest BCUT2D eigenvalue weighted by molar-refractivity contribution is 0.0692. The number of carboxylic acids is 1. The predicted octanol–water partition coefficient (Wildman–Crippen LogP) is 5.91. The monoisotopic (exact) mass is 542 g/mol. The number of carbonyl (C=O) groups is 2. The van der Waals surface area contributed by atoms with Gasteiger partial charge in [0.25, 0.3) is 5.91 Å². The predicted molar refractivity (Wildman–Crippen MR) is 128 cm³/mol. The zero-order valence-electron chi connectivity index (χ0n) is 19.4. The fourth-order valence-corrected chi connectivity index (χ4v) is 4.47. The average Bonchev–Trinajstić information content (AvgIpc) is 2.89. The Morgan fingerprint density at radius 1 is 0.769 bits per heavy atom. The number of carbonyl (C=O) groups excluding carboxylic acids is 1. The van der Waals surface area contributed by atoms with Gasteiger partial charge in [0.1, 0.15) is 28.4 Å². The van der Waals surface area contributed by atoms with Gasteiger partial charge in [-0.2, -0.15) is 0 Å². The number of aromatic carboxylic acids is 1. The average molecular weight is 542 g/mol. The van der Waals surface area contributed by atoms with E-state index in [-0.39, 0.29) is 28.3 Å². The summed E-state index contributed by atoms with van der Waals surface area (Å²) in [4.78, 5) is 24.5. The minimum Gasteiger partial charge on any atom is -0.507 e. The summed E-state index contributed by atoms with van der Waals surface area (Å²) in [5, 5.41) is 22.1. The molecule has 0 aliphatic carbocycles. The molecule has 0 saturated heterocycles. The molecule has 198 valence electrons. The van der Waals surface area contributed by atoms with Gasteiger partial charge in [-0.25, -0.2) is 26.7 Å². The highest BCUT2D eigenvalue weighted by atomic mass is 19.2. The molecule has 1 aliphatic heterocycles. The van der Waals surface area contributed by atoms with Gasteiger partial charge in [-0.15, -0.1) is 0 Å². The van der Waals surface area contributed by atoms with E-state index >= 15 is 0 Å². The van der Waals surface area contributed by atoms with Crippen molar-refractivity contribution in [1.82, 2.24) is 0 Å². The molecule has 4 aromatic carbocycles. The maximum atomic E-state index is 14.1. The fraction of sp³-hybridized carbons (Fsp3) is 0.0370. The van der Waals surface area contributed by atoms with Crippen molar-refractivity contribution in [2.45, 2.75) is 5.92 Å². The highest BCUT2D eigenvalue weighted by Crippen LogP contribution is 2.50. The molecule has 1 heterocycles. The van der Waals surface area contributed by atoms with Crippen molar-refractivity contribution in [1.29, 1.82) is 0 Å². The van der Waals surface area contributed by atoms with Gasteiger partial charge in [0.15, 0.2) is 23.3 Å². The first-order chi connectivity index (χ1) is 18.5. The highest BCUT2D eigenvalue weighted by molar-refractivity contribution is 6.05. The Morgan fingerprint density at radius 3 is 2.00 bits per heavy atom. The molecule has 1 atom stereocenters. The van der Waals surface area contributed by atoms with Crippen LogP contribution in [0.5, 0.6) is 17.2 Å². The number of nitrogens with two attached hydrogens (primary N) is 1. The van der Waals surface area contributed by atoms with E-state index in [1.807, 2.05) is 0 Å². The minimum absolute atomic E-state index is 0.0630. The molecule has 4 aromatic rings. The molecule has 0 saturated carbocycles. The van der Waals surface area contributed by atoms with E-state index in [0.29, 0.717) is 16.8 Å². The first kappa shape index (κ1) is 25.5. The second-order valence-corrected chi connectivity index (χ2v) is 8.53. The van der Waals surface area contributed by atoms with Crippen LogP contribution in [-0.2, 0) is 0 Å². The maximum Gasteiger partial charge on any atom is 0.339 e. The Bertz CT molecular complexity index is 1680. The Balaban J connectivity index is 1.61. The highest BCUT2D eigenvalue weighted by Gasteiger charge is 2.34. The number of rotatable bonds is 4. The van der Waals surface area contributed by atoms with Gasteiger partial charge in [-0.1, -0.05) is 24.3 Å². The van der Waals surface area contributed by atoms with Gasteiger partial charge in [0.05, 0.1) is 0 Å². The number of fused-ring (bicyclic) bond motifs is 2. The number of nitrogen functional groups attached to an aromatic ring is 1. The lowest BCUT2D eigenvalue weighted by Crippen LogP contribution is -2.20. The molecule has 7 nitrogen and oxygen atoms in total. The van der Waals surface area contributed by atoms with Crippen LogP contribution >= 0.6 is 0 Å². The van der Waals surface area contributed by atoms with Gasteiger partial charge in [-0.05, 0) is 23.8 Å². The largest absolute Gasteiger partial charge is 0.507 e. The van der Waals surface area contributed by atoms with Crippen LogP contribution in [0.15, 0.2) is 54.6 Å². The normalized spacial score (nSPS) is 13.7. The number of anilines is 2. The minimum atomic E-state index is -2.40. The molecule has 0 spiro atoms. The fourth-order valence-electron chi connectivity index (χ4n) is 4.47. The zero-order valence-corrected chi connectivity index (χ0v) is 19.4. The van der Waals surface area contributed by atoms with Crippen LogP contribution in [-0.4, -0.2) is 22.1 Å². The SMILES string of the molecule is Nc1ccc2c(c1)Oc1cc(NC(=O)c3c(F)c(F)c(F)c(F)c3F)ccc1C2c1cccc(O)c1C(=O)O. The summed E-state index contributed by atoms with van der Waals surface area (Å²) in [6.45, 7) is 0. The quantitative estimate of drug-likeness (QED) is 0.0970. The van der Waals surface area contributed by atoms with E-state index in [2.05, 4.69) is 5.32 Å². The molecule has 0 aromatic heterocycles. The van der Waals surface area contributed by atoms with Crippen molar-refractivity contribution in [2.75, 3.05) is 11.1 Å². The molecule has 1 unspecified atom stereocenters. The van der Waals surface area contributed by atoms with Gasteiger partial charge in [0, 0.05) is 40.6 Å². The molecule has 12 heteroatoms. The molecule has 5 N–H and O–H groups in total. The Hall–Kier alpha value is -5.13. The molecule has 39 heavy (non-hydrogen) atoms. The van der Waals surface area contributed by atoms with E-state index in [4.69, 9.17) is 10.5 Å². The number of phenols is 1. The van der Waals surface area contributed by atoms with E-state index < -0.39 is 58.2 Å². The molecule has 0 bridgehead atoms. The van der Waals surface area contributed by atoms with Crippen LogP contribution < -0.4 is 15.8 Å². The summed E-state index contributed by atoms with van der Waals surface area (Å²) in [6, 6.07) is 12.7. The van der Waals surface area contributed by atoms with Gasteiger partial charge < -0.3 is 26.0 Å². The summed E-state index contributed by atoms with van der Waals surface area (Å²) in [6.07, 6.45) is 0. The Kier molecular flexibility index (Phi) is 6.09. The van der Waals surface area contributed by atoms with Crippen LogP contribution in [0.2, 0.25) is 0 Å². The van der Waals surface area contributed by atoms with Gasteiger partial charge in [0.2, 0.25) is 5.82 Å². The maximum absolute atomic E-state index is 14.1. The van der Waals surface area contributed by atoms with Crippen molar-refractivity contribution in [3.05, 3.63) is 112 Å². The summed E-state index contributed by atoms with van der Waals surface area (Å²) in [7, 11) is 0. The summed E-state index contributed by atoms with van der Waals surface area (Å²) < 4.78 is 74.7. The smallest absolute Gasteiger partial charge is 0.339 e. The van der Waals surface area contributed by atoms with Crippen LogP contribution in [0.1, 0.15) is 43.3 Å². The van der Waals surface area contributed by atoms with E-state index in [1.165, 1.54) is 42.5 Å². The summed E-state index contributed by atoms with van der Waals surface area (Å²) >= 11 is 0. The number of halogens is 5. The number of nitrogens with one attached hydrogen (secondary N) is 1. The lowest BCUT2D eigenvalue weighted by atomic mass is 9.80. The third kappa shape index (κ3) is 4.15. The molecule has 0 radical (unpaired) electrons. The topological polar surface area (TPSA) is 122 Å². The van der Waals surface area contributed by atoms with Gasteiger partial charge in [-0.3, -0.25) is 4.79 Å². The third-order valence-electron chi connectivity index (χ3n) is 6.19. The molecular weight excluding hydrogens is 527 g/mol. The number of amides is 1. The van der Waals surface area contributed by atoms with Crippen LogP contribution in [0, 0.1) is 29.1 Å². The third-order valence-corrected chi connectivity index (χ3v) is 6.19. The van der Waals surface area contributed by atoms with Crippen molar-refractivity contribution < 1.29 is 46.5 Å². The number of ether oxygens (including phenoxy) is 1. The first-order valence-electron chi connectivity index (χ1n) is 11.1. The molecule has 1 amide bonds. The number of aromatic hydroxyl groups is 1. The van der Waals surface area contributed by atoms with E-state index in [9.17, 15) is 41.8 Å². The molecule has 1 aliphatic rings. The molecular formula is C27H15F5N2O5. The standard InChI is InChI=1S/C27H15F5N2O5/c28-21-20(22(29)24(31)25(32)23(21)30)26(36)34-11-5-7-13-17(9-11)39-16-8-10(33)4-6-12(16)18(13)14-2-1-3-15(35)19(14)27(37)38/h1-9,18,35H,33H2,(H,34,36)(H,37,38). The van der Waals surface area contributed by atoms with E-state index in [1.54, 1.807) is 12.1 Å².